The van der Waals surface area contributed by atoms with E-state index >= 15 is 0 Å². The molecule has 2 aromatic rings. The molecular weight excluding hydrogens is 290 g/mol. The third kappa shape index (κ3) is 4.16. The molecule has 0 saturated carbocycles. The zero-order valence-corrected chi connectivity index (χ0v) is 13.7. The summed E-state index contributed by atoms with van der Waals surface area (Å²) < 4.78 is 5.90. The standard InChI is InChI=1S/C17H23N5O/c1-13-6-7-16(14(2)11-13)23-10-4-9-22-8-3-5-15(12-22)17-18-20-21-19-17/h5-7,11H,3-4,8-10,12H2,1-2H3,(H,18,19,20,21). The van der Waals surface area contributed by atoms with Gasteiger partial charge in [0.25, 0.3) is 0 Å². The van der Waals surface area contributed by atoms with Gasteiger partial charge in [-0.1, -0.05) is 23.8 Å². The molecule has 1 aliphatic heterocycles. The van der Waals surface area contributed by atoms with Gasteiger partial charge in [0.1, 0.15) is 5.75 Å². The van der Waals surface area contributed by atoms with E-state index in [1.54, 1.807) is 0 Å². The Morgan fingerprint density at radius 2 is 2.22 bits per heavy atom. The van der Waals surface area contributed by atoms with Crippen LogP contribution >= 0.6 is 0 Å². The molecule has 6 heteroatoms. The summed E-state index contributed by atoms with van der Waals surface area (Å²) in [5.74, 6) is 1.70. The molecule has 0 aliphatic carbocycles. The maximum Gasteiger partial charge on any atom is 0.201 e. The quantitative estimate of drug-likeness (QED) is 0.829. The normalized spacial score (nSPS) is 15.5. The van der Waals surface area contributed by atoms with E-state index < -0.39 is 0 Å². The number of tetrazole rings is 1. The number of hydrogen-bond acceptors (Lipinski definition) is 5. The van der Waals surface area contributed by atoms with E-state index in [0.29, 0.717) is 5.82 Å². The molecule has 0 fully saturated rings. The second-order valence-corrected chi connectivity index (χ2v) is 6.00. The molecule has 0 saturated heterocycles. The average Bonchev–Trinajstić information content (AvgIpc) is 3.08. The Kier molecular flexibility index (Phi) is 5.02. The number of hydrogen-bond donors (Lipinski definition) is 1. The fourth-order valence-electron chi connectivity index (χ4n) is 2.89. The van der Waals surface area contributed by atoms with Gasteiger partial charge in [0.2, 0.25) is 5.82 Å². The Balaban J connectivity index is 1.43. The van der Waals surface area contributed by atoms with E-state index in [2.05, 4.69) is 63.6 Å². The lowest BCUT2D eigenvalue weighted by atomic mass is 10.1. The van der Waals surface area contributed by atoms with Crippen molar-refractivity contribution in [2.45, 2.75) is 26.7 Å². The smallest absolute Gasteiger partial charge is 0.201 e. The number of aromatic amines is 1. The van der Waals surface area contributed by atoms with Crippen LogP contribution < -0.4 is 4.74 Å². The highest BCUT2D eigenvalue weighted by Gasteiger charge is 2.16. The van der Waals surface area contributed by atoms with E-state index in [9.17, 15) is 0 Å². The first-order valence-electron chi connectivity index (χ1n) is 8.07. The van der Waals surface area contributed by atoms with Crippen LogP contribution in [-0.4, -0.2) is 51.8 Å². The first-order valence-corrected chi connectivity index (χ1v) is 8.07. The van der Waals surface area contributed by atoms with Crippen molar-refractivity contribution in [3.63, 3.8) is 0 Å². The van der Waals surface area contributed by atoms with Crippen LogP contribution in [0.5, 0.6) is 5.75 Å². The first-order chi connectivity index (χ1) is 11.2. The van der Waals surface area contributed by atoms with Gasteiger partial charge < -0.3 is 4.74 Å². The summed E-state index contributed by atoms with van der Waals surface area (Å²) in [5, 5.41) is 14.3. The average molecular weight is 313 g/mol. The Morgan fingerprint density at radius 1 is 1.30 bits per heavy atom. The predicted octanol–water partition coefficient (Wildman–Crippen LogP) is 2.37. The molecule has 0 atom stereocenters. The molecule has 1 aromatic carbocycles. The van der Waals surface area contributed by atoms with Gasteiger partial charge in [-0.2, -0.15) is 5.21 Å². The third-order valence-corrected chi connectivity index (χ3v) is 4.07. The fourth-order valence-corrected chi connectivity index (χ4v) is 2.89. The lowest BCUT2D eigenvalue weighted by molar-refractivity contribution is 0.249. The van der Waals surface area contributed by atoms with Gasteiger partial charge in [0, 0.05) is 25.2 Å². The Bertz CT molecular complexity index is 666. The topological polar surface area (TPSA) is 66.9 Å². The van der Waals surface area contributed by atoms with Crippen LogP contribution in [0.25, 0.3) is 5.57 Å². The van der Waals surface area contributed by atoms with E-state index in [4.69, 9.17) is 4.74 Å². The van der Waals surface area contributed by atoms with Crippen molar-refractivity contribution in [1.82, 2.24) is 25.5 Å². The molecule has 1 aliphatic rings. The SMILES string of the molecule is Cc1ccc(OCCCN2CCC=C(c3nn[nH]n3)C2)c(C)c1. The molecule has 0 amide bonds. The van der Waals surface area contributed by atoms with Crippen molar-refractivity contribution in [2.75, 3.05) is 26.2 Å². The zero-order chi connectivity index (χ0) is 16.1. The van der Waals surface area contributed by atoms with Crippen molar-refractivity contribution < 1.29 is 4.74 Å². The molecule has 2 heterocycles. The van der Waals surface area contributed by atoms with E-state index in [1.165, 1.54) is 11.1 Å². The van der Waals surface area contributed by atoms with Gasteiger partial charge in [-0.05, 0) is 43.5 Å². The molecular formula is C17H23N5O. The summed E-state index contributed by atoms with van der Waals surface area (Å²) in [5.41, 5.74) is 3.62. The number of nitrogens with one attached hydrogen (secondary N) is 1. The lowest BCUT2D eigenvalue weighted by Gasteiger charge is -2.26. The Labute approximate surface area is 136 Å². The molecule has 6 nitrogen and oxygen atoms in total. The van der Waals surface area contributed by atoms with Gasteiger partial charge in [-0.3, -0.25) is 4.90 Å². The summed E-state index contributed by atoms with van der Waals surface area (Å²) >= 11 is 0. The molecule has 23 heavy (non-hydrogen) atoms. The maximum atomic E-state index is 5.90. The lowest BCUT2D eigenvalue weighted by Crippen LogP contribution is -2.31. The third-order valence-electron chi connectivity index (χ3n) is 4.07. The number of benzene rings is 1. The number of ether oxygens (including phenoxy) is 1. The number of nitrogens with zero attached hydrogens (tertiary/aromatic N) is 4. The highest BCUT2D eigenvalue weighted by Crippen LogP contribution is 2.19. The number of aromatic nitrogens is 4. The minimum absolute atomic E-state index is 0.709. The first kappa shape index (κ1) is 15.7. The molecule has 1 aromatic heterocycles. The number of rotatable bonds is 6. The van der Waals surface area contributed by atoms with Crippen LogP contribution in [0.15, 0.2) is 24.3 Å². The minimum Gasteiger partial charge on any atom is -0.493 e. The maximum absolute atomic E-state index is 5.90. The zero-order valence-electron chi connectivity index (χ0n) is 13.7. The second-order valence-electron chi connectivity index (χ2n) is 6.00. The van der Waals surface area contributed by atoms with Crippen LogP contribution in [0.1, 0.15) is 29.8 Å². The van der Waals surface area contributed by atoms with Gasteiger partial charge in [0.05, 0.1) is 6.61 Å². The van der Waals surface area contributed by atoms with Crippen LogP contribution in [0.2, 0.25) is 0 Å². The summed E-state index contributed by atoms with van der Waals surface area (Å²) in [7, 11) is 0. The molecule has 122 valence electrons. The van der Waals surface area contributed by atoms with Crippen molar-refractivity contribution in [2.24, 2.45) is 0 Å². The van der Waals surface area contributed by atoms with Crippen molar-refractivity contribution in [1.29, 1.82) is 0 Å². The van der Waals surface area contributed by atoms with E-state index in [-0.39, 0.29) is 0 Å². The largest absolute Gasteiger partial charge is 0.493 e. The predicted molar refractivity (Wildman–Crippen MR) is 89.2 cm³/mol. The Hall–Kier alpha value is -2.21. The molecule has 1 N–H and O–H groups in total. The van der Waals surface area contributed by atoms with Gasteiger partial charge in [0.15, 0.2) is 0 Å². The molecule has 0 radical (unpaired) electrons. The molecule has 0 spiro atoms. The summed E-state index contributed by atoms with van der Waals surface area (Å²) in [6.45, 7) is 7.90. The fraction of sp³-hybridized carbons (Fsp3) is 0.471. The Morgan fingerprint density at radius 3 is 3.00 bits per heavy atom. The minimum atomic E-state index is 0.709. The van der Waals surface area contributed by atoms with Crippen LogP contribution in [0.3, 0.4) is 0 Å². The number of H-pyrrole nitrogens is 1. The highest BCUT2D eigenvalue weighted by molar-refractivity contribution is 5.61. The van der Waals surface area contributed by atoms with Crippen molar-refractivity contribution >= 4 is 5.57 Å². The summed E-state index contributed by atoms with van der Waals surface area (Å²) in [4.78, 5) is 2.41. The second kappa shape index (κ2) is 7.37. The van der Waals surface area contributed by atoms with Crippen molar-refractivity contribution in [3.8, 4) is 5.75 Å². The number of aryl methyl sites for hydroxylation is 2. The summed E-state index contributed by atoms with van der Waals surface area (Å²) in [6, 6.07) is 6.31. The monoisotopic (exact) mass is 313 g/mol. The van der Waals surface area contributed by atoms with Crippen LogP contribution in [0, 0.1) is 13.8 Å². The molecule has 0 unspecified atom stereocenters. The van der Waals surface area contributed by atoms with Gasteiger partial charge in [-0.15, -0.1) is 10.2 Å². The van der Waals surface area contributed by atoms with Gasteiger partial charge in [-0.25, -0.2) is 0 Å². The van der Waals surface area contributed by atoms with Gasteiger partial charge >= 0.3 is 0 Å². The van der Waals surface area contributed by atoms with Crippen LogP contribution in [0.4, 0.5) is 0 Å². The van der Waals surface area contributed by atoms with Crippen molar-refractivity contribution in [3.05, 3.63) is 41.2 Å². The summed E-state index contributed by atoms with van der Waals surface area (Å²) in [6.07, 6.45) is 4.24. The molecule has 3 rings (SSSR count). The highest BCUT2D eigenvalue weighted by atomic mass is 16.5. The molecule has 0 bridgehead atoms. The van der Waals surface area contributed by atoms with E-state index in [1.807, 2.05) is 0 Å². The van der Waals surface area contributed by atoms with E-state index in [0.717, 1.165) is 50.4 Å². The van der Waals surface area contributed by atoms with Crippen LogP contribution in [-0.2, 0) is 0 Å².